The topological polar surface area (TPSA) is 25.8 Å². The zero-order chi connectivity index (χ0) is 18.6. The number of hydrogen-bond donors (Lipinski definition) is 0. The van der Waals surface area contributed by atoms with Crippen LogP contribution in [0, 0.1) is 3.83 Å². The van der Waals surface area contributed by atoms with Crippen molar-refractivity contribution in [3.63, 3.8) is 0 Å². The lowest BCUT2D eigenvalue weighted by molar-refractivity contribution is 1.06. The lowest BCUT2D eigenvalue weighted by atomic mass is 10.0. The fraction of sp³-hybridized carbons (Fsp3) is 0.0435. The summed E-state index contributed by atoms with van der Waals surface area (Å²) in [6, 6.07) is 0. The number of hydrogen-bond acceptors (Lipinski definition) is 2. The molecule has 0 saturated heterocycles. The number of rotatable bonds is 4. The fourth-order valence-electron chi connectivity index (χ4n) is 2.27. The number of halogens is 1. The Bertz CT molecular complexity index is 876. The highest BCUT2D eigenvalue weighted by Gasteiger charge is 2.12. The normalized spacial score (nSPS) is 19.5. The van der Waals surface area contributed by atoms with Gasteiger partial charge in [-0.05, 0) is 13.0 Å². The van der Waals surface area contributed by atoms with Gasteiger partial charge in [0.2, 0.25) is 0 Å². The highest BCUT2D eigenvalue weighted by atomic mass is 127. The van der Waals surface area contributed by atoms with Crippen molar-refractivity contribution >= 4 is 40.3 Å². The van der Waals surface area contributed by atoms with Gasteiger partial charge in [-0.25, -0.2) is 9.97 Å². The van der Waals surface area contributed by atoms with Crippen molar-refractivity contribution in [3.05, 3.63) is 112 Å². The molecule has 26 heavy (non-hydrogen) atoms. The Morgan fingerprint density at radius 3 is 2.19 bits per heavy atom. The highest BCUT2D eigenvalue weighted by molar-refractivity contribution is 14.1. The van der Waals surface area contributed by atoms with E-state index in [1.165, 1.54) is 0 Å². The first kappa shape index (κ1) is 19.8. The maximum Gasteiger partial charge on any atom is 0.191 e. The van der Waals surface area contributed by atoms with Crippen LogP contribution in [0.25, 0.3) is 17.7 Å². The van der Waals surface area contributed by atoms with Gasteiger partial charge in [0, 0.05) is 33.7 Å². The average molecular weight is 452 g/mol. The molecule has 0 unspecified atom stereocenters. The molecule has 1 aromatic heterocycles. The quantitative estimate of drug-likeness (QED) is 0.297. The summed E-state index contributed by atoms with van der Waals surface area (Å²) < 4.78 is 0.712. The van der Waals surface area contributed by atoms with Crippen LogP contribution in [0.1, 0.15) is 23.9 Å². The van der Waals surface area contributed by atoms with Crippen molar-refractivity contribution < 1.29 is 0 Å². The summed E-state index contributed by atoms with van der Waals surface area (Å²) in [5.41, 5.74) is 3.77. The van der Waals surface area contributed by atoms with Gasteiger partial charge in [-0.2, -0.15) is 0 Å². The molecule has 2 nitrogen and oxygen atoms in total. The smallest absolute Gasteiger partial charge is 0.191 e. The summed E-state index contributed by atoms with van der Waals surface area (Å²) in [5.74, 6) is 0. The molecular formula is C23H21IN2. The maximum atomic E-state index is 4.71. The van der Waals surface area contributed by atoms with Crippen molar-refractivity contribution in [2.45, 2.75) is 6.92 Å². The van der Waals surface area contributed by atoms with Crippen molar-refractivity contribution in [3.8, 4) is 0 Å². The molecule has 0 radical (unpaired) electrons. The van der Waals surface area contributed by atoms with Gasteiger partial charge in [0.1, 0.15) is 0 Å². The van der Waals surface area contributed by atoms with Crippen molar-refractivity contribution in [1.82, 2.24) is 9.97 Å². The van der Waals surface area contributed by atoms with Gasteiger partial charge in [0.15, 0.2) is 3.83 Å². The van der Waals surface area contributed by atoms with Crippen LogP contribution in [-0.2, 0) is 0 Å². The molecular weight excluding hydrogens is 431 g/mol. The van der Waals surface area contributed by atoms with Gasteiger partial charge in [-0.3, -0.25) is 0 Å². The third kappa shape index (κ3) is 6.08. The largest absolute Gasteiger partial charge is 0.223 e. The van der Waals surface area contributed by atoms with E-state index >= 15 is 0 Å². The molecule has 0 bridgehead atoms. The molecule has 1 aromatic rings. The van der Waals surface area contributed by atoms with Gasteiger partial charge in [-0.15, -0.1) is 0 Å². The van der Waals surface area contributed by atoms with E-state index in [2.05, 4.69) is 46.3 Å². The van der Waals surface area contributed by atoms with Crippen LogP contribution in [0.5, 0.6) is 0 Å². The van der Waals surface area contributed by atoms with Gasteiger partial charge in [-0.1, -0.05) is 97.7 Å². The summed E-state index contributed by atoms with van der Waals surface area (Å²) in [6.07, 6.45) is 31.8. The molecule has 0 amide bonds. The molecule has 0 atom stereocenters. The second kappa shape index (κ2) is 11.2. The van der Waals surface area contributed by atoms with Crippen molar-refractivity contribution in [2.75, 3.05) is 0 Å². The van der Waals surface area contributed by atoms with Crippen LogP contribution in [0.3, 0.4) is 0 Å². The predicted octanol–water partition coefficient (Wildman–Crippen LogP) is 6.49. The lowest BCUT2D eigenvalue weighted by Crippen LogP contribution is -2.02. The summed E-state index contributed by atoms with van der Waals surface area (Å²) >= 11 is 2.16. The summed E-state index contributed by atoms with van der Waals surface area (Å²) in [7, 11) is 0. The minimum absolute atomic E-state index is 0.712. The van der Waals surface area contributed by atoms with Gasteiger partial charge < -0.3 is 0 Å². The molecule has 3 heteroatoms. The molecule has 2 rings (SSSR count). The summed E-state index contributed by atoms with van der Waals surface area (Å²) in [6.45, 7) is 5.75. The molecule has 130 valence electrons. The van der Waals surface area contributed by atoms with E-state index in [9.17, 15) is 0 Å². The maximum absolute atomic E-state index is 4.71. The van der Waals surface area contributed by atoms with E-state index in [1.54, 1.807) is 6.08 Å². The Kier molecular flexibility index (Phi) is 8.49. The van der Waals surface area contributed by atoms with Crippen LogP contribution in [0.15, 0.2) is 91.6 Å². The summed E-state index contributed by atoms with van der Waals surface area (Å²) in [5, 5.41) is 0. The van der Waals surface area contributed by atoms with Gasteiger partial charge in [0.05, 0.1) is 11.4 Å². The zero-order valence-corrected chi connectivity index (χ0v) is 16.9. The third-order valence-electron chi connectivity index (χ3n) is 3.39. The number of allylic oxidation sites excluding steroid dienone is 15. The standard InChI is InChI=1S/C23H21IN2/c1-3-5-18-20-21(15-4-2)25-23(24)26-22(20)19-16-13-11-9-7-6-8-10-12-14-17-19/h3-18H,1H2,2H3/b7-6-,8-6?,9-7?,10-8-,11-9-,12-10?,13-11?,14-12-,15-4-,16-13?,17-14?,18-5-,19-16?,19-17?. The third-order valence-corrected chi connectivity index (χ3v) is 3.87. The molecule has 1 heterocycles. The fourth-order valence-corrected chi connectivity index (χ4v) is 2.77. The molecule has 0 fully saturated rings. The SMILES string of the molecule is C=C/C=C\c1c(/C=C\C)nc(I)nc1C1=C\C=C/C=C\C=C/C=C\C=C1. The molecule has 0 N–H and O–H groups in total. The van der Waals surface area contributed by atoms with E-state index in [0.717, 1.165) is 22.5 Å². The average Bonchev–Trinajstić information content (AvgIpc) is 2.61. The van der Waals surface area contributed by atoms with Crippen LogP contribution < -0.4 is 0 Å². The second-order valence-electron chi connectivity index (χ2n) is 5.26. The monoisotopic (exact) mass is 452 g/mol. The Morgan fingerprint density at radius 1 is 0.885 bits per heavy atom. The highest BCUT2D eigenvalue weighted by Crippen LogP contribution is 2.24. The minimum atomic E-state index is 0.712. The van der Waals surface area contributed by atoms with E-state index < -0.39 is 0 Å². The number of nitrogens with zero attached hydrogens (tertiary/aromatic N) is 2. The Hall–Kier alpha value is -2.53. The van der Waals surface area contributed by atoms with Crippen molar-refractivity contribution in [1.29, 1.82) is 0 Å². The van der Waals surface area contributed by atoms with E-state index in [4.69, 9.17) is 4.98 Å². The lowest BCUT2D eigenvalue weighted by Gasteiger charge is -2.10. The molecule has 0 aliphatic heterocycles. The molecule has 0 spiro atoms. The zero-order valence-electron chi connectivity index (χ0n) is 14.7. The van der Waals surface area contributed by atoms with E-state index in [-0.39, 0.29) is 0 Å². The van der Waals surface area contributed by atoms with Crippen LogP contribution in [-0.4, -0.2) is 9.97 Å². The van der Waals surface area contributed by atoms with Gasteiger partial charge in [0.25, 0.3) is 0 Å². The Labute approximate surface area is 169 Å². The van der Waals surface area contributed by atoms with Crippen molar-refractivity contribution in [2.24, 2.45) is 0 Å². The Morgan fingerprint density at radius 2 is 1.54 bits per heavy atom. The van der Waals surface area contributed by atoms with Crippen LogP contribution in [0.2, 0.25) is 0 Å². The minimum Gasteiger partial charge on any atom is -0.223 e. The predicted molar refractivity (Wildman–Crippen MR) is 122 cm³/mol. The molecule has 0 aromatic carbocycles. The molecule has 1 aliphatic rings. The van der Waals surface area contributed by atoms with Crippen LogP contribution in [0.4, 0.5) is 0 Å². The first-order valence-electron chi connectivity index (χ1n) is 8.31. The Balaban J connectivity index is 2.65. The van der Waals surface area contributed by atoms with Gasteiger partial charge >= 0.3 is 0 Å². The second-order valence-corrected chi connectivity index (χ2v) is 6.22. The molecule has 1 aliphatic carbocycles. The van der Waals surface area contributed by atoms with Crippen LogP contribution >= 0.6 is 22.6 Å². The first-order valence-corrected chi connectivity index (χ1v) is 9.39. The van der Waals surface area contributed by atoms with E-state index in [0.29, 0.717) is 3.83 Å². The molecule has 0 saturated carbocycles. The number of aromatic nitrogens is 2. The summed E-state index contributed by atoms with van der Waals surface area (Å²) in [4.78, 5) is 9.28. The van der Waals surface area contributed by atoms with E-state index in [1.807, 2.05) is 85.9 Å². The first-order chi connectivity index (χ1) is 12.8.